The molecule has 1 rings (SSSR count). The third-order valence-electron chi connectivity index (χ3n) is 2.31. The van der Waals surface area contributed by atoms with Gasteiger partial charge < -0.3 is 5.73 Å². The highest BCUT2D eigenvalue weighted by molar-refractivity contribution is 5.25. The lowest BCUT2D eigenvalue weighted by Gasteiger charge is -2.08. The molecule has 0 saturated carbocycles. The van der Waals surface area contributed by atoms with E-state index in [2.05, 4.69) is 43.0 Å². The van der Waals surface area contributed by atoms with E-state index in [1.165, 1.54) is 11.1 Å². The van der Waals surface area contributed by atoms with Gasteiger partial charge in [0.2, 0.25) is 0 Å². The van der Waals surface area contributed by atoms with E-state index >= 15 is 0 Å². The van der Waals surface area contributed by atoms with Crippen molar-refractivity contribution in [2.24, 2.45) is 5.73 Å². The Morgan fingerprint density at radius 1 is 1.29 bits per heavy atom. The average Bonchev–Trinajstić information content (AvgIpc) is 2.26. The lowest BCUT2D eigenvalue weighted by atomic mass is 10.0. The van der Waals surface area contributed by atoms with Crippen LogP contribution in [0.4, 0.5) is 0 Å². The first kappa shape index (κ1) is 10.8. The van der Waals surface area contributed by atoms with Crippen LogP contribution in [0.15, 0.2) is 24.3 Å². The van der Waals surface area contributed by atoms with Gasteiger partial charge in [-0.15, -0.1) is 11.8 Å². The predicted molar refractivity (Wildman–Crippen MR) is 60.8 cm³/mol. The minimum absolute atomic E-state index is 0.0494. The van der Waals surface area contributed by atoms with Gasteiger partial charge in [0, 0.05) is 12.5 Å². The van der Waals surface area contributed by atoms with Crippen molar-refractivity contribution >= 4 is 0 Å². The fourth-order valence-electron chi connectivity index (χ4n) is 1.33. The van der Waals surface area contributed by atoms with Crippen LogP contribution in [0.3, 0.4) is 0 Å². The summed E-state index contributed by atoms with van der Waals surface area (Å²) in [6.45, 7) is 3.99. The zero-order valence-corrected chi connectivity index (χ0v) is 8.88. The molecule has 0 aliphatic rings. The number of benzene rings is 1. The lowest BCUT2D eigenvalue weighted by molar-refractivity contribution is 0.753. The molecule has 0 spiro atoms. The van der Waals surface area contributed by atoms with Crippen LogP contribution in [-0.4, -0.2) is 0 Å². The van der Waals surface area contributed by atoms with Gasteiger partial charge in [0.1, 0.15) is 0 Å². The first-order valence-corrected chi connectivity index (χ1v) is 5.02. The molecular formula is C13H17N. The summed E-state index contributed by atoms with van der Waals surface area (Å²) >= 11 is 0. The zero-order chi connectivity index (χ0) is 10.4. The van der Waals surface area contributed by atoms with Crippen molar-refractivity contribution in [2.45, 2.75) is 32.7 Å². The van der Waals surface area contributed by atoms with E-state index in [9.17, 15) is 0 Å². The molecule has 1 unspecified atom stereocenters. The smallest absolute Gasteiger partial charge is 0.0405 e. The molecule has 1 atom stereocenters. The second-order valence-electron chi connectivity index (χ2n) is 3.33. The van der Waals surface area contributed by atoms with Gasteiger partial charge in [-0.05, 0) is 24.5 Å². The molecule has 0 radical (unpaired) electrons. The molecule has 1 aromatic carbocycles. The molecule has 0 bridgehead atoms. The molecule has 0 aromatic heterocycles. The van der Waals surface area contributed by atoms with Crippen LogP contribution in [0.25, 0.3) is 0 Å². The van der Waals surface area contributed by atoms with Crippen molar-refractivity contribution in [1.29, 1.82) is 0 Å². The van der Waals surface area contributed by atoms with Gasteiger partial charge in [0.05, 0.1) is 0 Å². The highest BCUT2D eigenvalue weighted by Crippen LogP contribution is 2.14. The fourth-order valence-corrected chi connectivity index (χ4v) is 1.33. The number of nitrogens with two attached hydrogens (primary N) is 1. The first-order valence-electron chi connectivity index (χ1n) is 5.02. The molecule has 1 heteroatoms. The van der Waals surface area contributed by atoms with E-state index in [1.54, 1.807) is 0 Å². The van der Waals surface area contributed by atoms with Gasteiger partial charge >= 0.3 is 0 Å². The zero-order valence-electron chi connectivity index (χ0n) is 8.88. The van der Waals surface area contributed by atoms with Crippen molar-refractivity contribution in [3.05, 3.63) is 35.4 Å². The maximum absolute atomic E-state index is 5.97. The third-order valence-corrected chi connectivity index (χ3v) is 2.31. The predicted octanol–water partition coefficient (Wildman–Crippen LogP) is 2.66. The average molecular weight is 187 g/mol. The van der Waals surface area contributed by atoms with Crippen molar-refractivity contribution in [1.82, 2.24) is 0 Å². The summed E-state index contributed by atoms with van der Waals surface area (Å²) in [5.74, 6) is 5.86. The van der Waals surface area contributed by atoms with Crippen LogP contribution in [-0.2, 0) is 6.42 Å². The maximum atomic E-state index is 5.97. The molecule has 74 valence electrons. The Bertz CT molecular complexity index is 326. The Kier molecular flexibility index (Phi) is 4.22. The van der Waals surface area contributed by atoms with Gasteiger partial charge in [-0.2, -0.15) is 0 Å². The molecule has 0 aliphatic heterocycles. The van der Waals surface area contributed by atoms with E-state index in [0.717, 1.165) is 12.8 Å². The number of hydrogen-bond acceptors (Lipinski definition) is 1. The summed E-state index contributed by atoms with van der Waals surface area (Å²) in [6.07, 6.45) is 1.81. The normalized spacial score (nSPS) is 11.6. The van der Waals surface area contributed by atoms with Gasteiger partial charge in [0.25, 0.3) is 0 Å². The van der Waals surface area contributed by atoms with Crippen molar-refractivity contribution < 1.29 is 0 Å². The van der Waals surface area contributed by atoms with Crippen molar-refractivity contribution in [2.75, 3.05) is 0 Å². The van der Waals surface area contributed by atoms with Gasteiger partial charge in [0.15, 0.2) is 0 Å². The molecule has 2 N–H and O–H groups in total. The molecule has 0 aliphatic carbocycles. The summed E-state index contributed by atoms with van der Waals surface area (Å²) in [5.41, 5.74) is 8.49. The molecule has 1 aromatic rings. The van der Waals surface area contributed by atoms with Gasteiger partial charge in [-0.3, -0.25) is 0 Å². The van der Waals surface area contributed by atoms with Crippen LogP contribution >= 0.6 is 0 Å². The summed E-state index contributed by atoms with van der Waals surface area (Å²) in [7, 11) is 0. The fraction of sp³-hybridized carbons (Fsp3) is 0.385. The van der Waals surface area contributed by atoms with Gasteiger partial charge in [-0.1, -0.05) is 31.2 Å². The van der Waals surface area contributed by atoms with Crippen LogP contribution in [0.1, 0.15) is 37.4 Å². The Labute approximate surface area is 86.3 Å². The summed E-state index contributed by atoms with van der Waals surface area (Å²) in [5, 5.41) is 0. The van der Waals surface area contributed by atoms with Crippen LogP contribution in [0.5, 0.6) is 0 Å². The summed E-state index contributed by atoms with van der Waals surface area (Å²) < 4.78 is 0. The Hall–Kier alpha value is -1.26. The van der Waals surface area contributed by atoms with Gasteiger partial charge in [-0.25, -0.2) is 0 Å². The van der Waals surface area contributed by atoms with E-state index in [4.69, 9.17) is 5.73 Å². The monoisotopic (exact) mass is 187 g/mol. The molecule has 0 saturated heterocycles. The summed E-state index contributed by atoms with van der Waals surface area (Å²) in [4.78, 5) is 0. The SMILES string of the molecule is CC#CCC(N)c1ccc(CC)cc1. The number of aryl methyl sites for hydroxylation is 1. The maximum Gasteiger partial charge on any atom is 0.0405 e. The standard InChI is InChI=1S/C13H17N/c1-3-5-6-13(14)12-9-7-11(4-2)8-10-12/h7-10,13H,4,6,14H2,1-2H3. The third kappa shape index (κ3) is 2.90. The quantitative estimate of drug-likeness (QED) is 0.723. The van der Waals surface area contributed by atoms with Crippen molar-refractivity contribution in [3.8, 4) is 11.8 Å². The first-order chi connectivity index (χ1) is 6.77. The minimum atomic E-state index is 0.0494. The molecule has 0 amide bonds. The van der Waals surface area contributed by atoms with Crippen molar-refractivity contribution in [3.63, 3.8) is 0 Å². The molecule has 1 nitrogen and oxygen atoms in total. The second-order valence-corrected chi connectivity index (χ2v) is 3.33. The highest BCUT2D eigenvalue weighted by atomic mass is 14.6. The van der Waals surface area contributed by atoms with E-state index in [1.807, 2.05) is 6.92 Å². The Balaban J connectivity index is 2.69. The summed E-state index contributed by atoms with van der Waals surface area (Å²) in [6, 6.07) is 8.51. The van der Waals surface area contributed by atoms with Crippen LogP contribution in [0.2, 0.25) is 0 Å². The highest BCUT2D eigenvalue weighted by Gasteiger charge is 2.02. The van der Waals surface area contributed by atoms with E-state index in [0.29, 0.717) is 0 Å². The lowest BCUT2D eigenvalue weighted by Crippen LogP contribution is -2.09. The Morgan fingerprint density at radius 2 is 1.93 bits per heavy atom. The minimum Gasteiger partial charge on any atom is -0.323 e. The van der Waals surface area contributed by atoms with E-state index in [-0.39, 0.29) is 6.04 Å². The largest absolute Gasteiger partial charge is 0.323 e. The molecule has 0 fully saturated rings. The Morgan fingerprint density at radius 3 is 2.43 bits per heavy atom. The topological polar surface area (TPSA) is 26.0 Å². The number of rotatable bonds is 3. The second kappa shape index (κ2) is 5.47. The molecular weight excluding hydrogens is 170 g/mol. The molecule has 0 heterocycles. The number of hydrogen-bond donors (Lipinski definition) is 1. The van der Waals surface area contributed by atoms with Crippen LogP contribution in [0, 0.1) is 11.8 Å². The van der Waals surface area contributed by atoms with Crippen LogP contribution < -0.4 is 5.73 Å². The van der Waals surface area contributed by atoms with E-state index < -0.39 is 0 Å². The molecule has 14 heavy (non-hydrogen) atoms.